The van der Waals surface area contributed by atoms with Gasteiger partial charge in [0.15, 0.2) is 0 Å². The van der Waals surface area contributed by atoms with Crippen LogP contribution in [0, 0.1) is 25.2 Å². The highest BCUT2D eigenvalue weighted by Gasteiger charge is 2.11. The zero-order chi connectivity index (χ0) is 17.6. The Morgan fingerprint density at radius 2 is 1.84 bits per heavy atom. The average Bonchev–Trinajstić information content (AvgIpc) is 2.62. The highest BCUT2D eigenvalue weighted by Crippen LogP contribution is 2.18. The van der Waals surface area contributed by atoms with Crippen LogP contribution in [0.1, 0.15) is 27.9 Å². The predicted molar refractivity (Wildman–Crippen MR) is 98.3 cm³/mol. The first-order valence-corrected chi connectivity index (χ1v) is 8.66. The summed E-state index contributed by atoms with van der Waals surface area (Å²) in [4.78, 5) is 6.87. The van der Waals surface area contributed by atoms with E-state index >= 15 is 0 Å². The van der Waals surface area contributed by atoms with Crippen LogP contribution in [0.5, 0.6) is 0 Å². The van der Waals surface area contributed by atoms with Crippen molar-refractivity contribution in [2.45, 2.75) is 26.9 Å². The summed E-state index contributed by atoms with van der Waals surface area (Å²) < 4.78 is 5.39. The fraction of sp³-hybridized carbons (Fsp3) is 0.400. The Hall–Kier alpha value is -2.42. The third kappa shape index (κ3) is 4.56. The number of nitriles is 1. The number of morpholine rings is 1. The van der Waals surface area contributed by atoms with Crippen molar-refractivity contribution in [2.24, 2.45) is 0 Å². The second kappa shape index (κ2) is 8.11. The molecule has 0 spiro atoms. The number of ether oxygens (including phenoxy) is 1. The standard InChI is InChI=1S/C20H24N4O/c1-15-11-16(2)23-20(19(15)12-21)22-13-17-3-5-18(6-4-17)14-24-7-9-25-10-8-24/h3-6,11H,7-10,13-14H2,1-2H3,(H,22,23). The summed E-state index contributed by atoms with van der Waals surface area (Å²) in [5.74, 6) is 0.664. The molecule has 0 unspecified atom stereocenters. The van der Waals surface area contributed by atoms with Gasteiger partial charge >= 0.3 is 0 Å². The van der Waals surface area contributed by atoms with Crippen LogP contribution < -0.4 is 5.32 Å². The molecule has 5 heteroatoms. The van der Waals surface area contributed by atoms with E-state index in [0.29, 0.717) is 17.9 Å². The van der Waals surface area contributed by atoms with Crippen LogP contribution in [-0.2, 0) is 17.8 Å². The maximum Gasteiger partial charge on any atom is 0.144 e. The van der Waals surface area contributed by atoms with Gasteiger partial charge < -0.3 is 10.1 Å². The molecule has 0 amide bonds. The molecule has 1 saturated heterocycles. The van der Waals surface area contributed by atoms with Crippen LogP contribution >= 0.6 is 0 Å². The molecule has 3 rings (SSSR count). The molecule has 130 valence electrons. The van der Waals surface area contributed by atoms with Crippen molar-refractivity contribution >= 4 is 5.82 Å². The molecule has 2 heterocycles. The van der Waals surface area contributed by atoms with E-state index in [1.807, 2.05) is 19.9 Å². The van der Waals surface area contributed by atoms with Gasteiger partial charge in [0.05, 0.1) is 18.8 Å². The van der Waals surface area contributed by atoms with Crippen LogP contribution in [0.4, 0.5) is 5.82 Å². The van der Waals surface area contributed by atoms with Gasteiger partial charge in [-0.15, -0.1) is 0 Å². The summed E-state index contributed by atoms with van der Waals surface area (Å²) in [6.07, 6.45) is 0. The molecule has 2 aromatic rings. The molecular formula is C20H24N4O. The molecule has 25 heavy (non-hydrogen) atoms. The van der Waals surface area contributed by atoms with Gasteiger partial charge in [-0.2, -0.15) is 5.26 Å². The summed E-state index contributed by atoms with van der Waals surface area (Å²) in [6, 6.07) is 12.8. The van der Waals surface area contributed by atoms with E-state index in [1.54, 1.807) is 0 Å². The van der Waals surface area contributed by atoms with Gasteiger partial charge in [0.2, 0.25) is 0 Å². The predicted octanol–water partition coefficient (Wildman–Crippen LogP) is 3.01. The van der Waals surface area contributed by atoms with E-state index < -0.39 is 0 Å². The molecule has 1 N–H and O–H groups in total. The number of nitrogens with one attached hydrogen (secondary N) is 1. The lowest BCUT2D eigenvalue weighted by Gasteiger charge is -2.26. The minimum Gasteiger partial charge on any atom is -0.379 e. The number of aryl methyl sites for hydroxylation is 2. The van der Waals surface area contributed by atoms with Gasteiger partial charge in [-0.1, -0.05) is 24.3 Å². The van der Waals surface area contributed by atoms with Gasteiger partial charge in [-0.3, -0.25) is 4.90 Å². The number of hydrogen-bond acceptors (Lipinski definition) is 5. The summed E-state index contributed by atoms with van der Waals surface area (Å²) in [6.45, 7) is 9.16. The fourth-order valence-corrected chi connectivity index (χ4v) is 3.07. The number of aromatic nitrogens is 1. The van der Waals surface area contributed by atoms with Crippen LogP contribution in [0.15, 0.2) is 30.3 Å². The molecule has 1 fully saturated rings. The van der Waals surface area contributed by atoms with Gasteiger partial charge in [0.25, 0.3) is 0 Å². The molecular weight excluding hydrogens is 312 g/mol. The van der Waals surface area contributed by atoms with Gasteiger partial charge in [-0.05, 0) is 36.6 Å². The lowest BCUT2D eigenvalue weighted by atomic mass is 10.1. The van der Waals surface area contributed by atoms with Crippen molar-refractivity contribution in [1.29, 1.82) is 5.26 Å². The van der Waals surface area contributed by atoms with Crippen LogP contribution in [0.2, 0.25) is 0 Å². The normalized spacial score (nSPS) is 14.9. The molecule has 5 nitrogen and oxygen atoms in total. The summed E-state index contributed by atoms with van der Waals surface area (Å²) in [5.41, 5.74) is 4.98. The number of rotatable bonds is 5. The lowest BCUT2D eigenvalue weighted by Crippen LogP contribution is -2.35. The molecule has 1 aliphatic heterocycles. The Balaban J connectivity index is 1.61. The first-order chi connectivity index (χ1) is 12.2. The number of benzene rings is 1. The zero-order valence-corrected chi connectivity index (χ0v) is 14.9. The number of anilines is 1. The van der Waals surface area contributed by atoms with E-state index in [2.05, 4.69) is 45.5 Å². The maximum atomic E-state index is 9.34. The molecule has 1 aromatic heterocycles. The van der Waals surface area contributed by atoms with Gasteiger partial charge in [0.1, 0.15) is 11.9 Å². The van der Waals surface area contributed by atoms with Crippen LogP contribution in [0.25, 0.3) is 0 Å². The smallest absolute Gasteiger partial charge is 0.144 e. The molecule has 1 aromatic carbocycles. The Kier molecular flexibility index (Phi) is 5.64. The largest absolute Gasteiger partial charge is 0.379 e. The zero-order valence-electron chi connectivity index (χ0n) is 14.9. The van der Waals surface area contributed by atoms with E-state index in [9.17, 15) is 5.26 Å². The highest BCUT2D eigenvalue weighted by molar-refractivity contribution is 5.56. The first-order valence-electron chi connectivity index (χ1n) is 8.66. The van der Waals surface area contributed by atoms with Crippen molar-refractivity contribution in [3.8, 4) is 6.07 Å². The third-order valence-corrected chi connectivity index (χ3v) is 4.45. The second-order valence-corrected chi connectivity index (χ2v) is 6.47. The monoisotopic (exact) mass is 336 g/mol. The Bertz CT molecular complexity index is 759. The lowest BCUT2D eigenvalue weighted by molar-refractivity contribution is 0.0342. The van der Waals surface area contributed by atoms with Crippen molar-refractivity contribution in [3.05, 3.63) is 58.3 Å². The highest BCUT2D eigenvalue weighted by atomic mass is 16.5. The Morgan fingerprint density at radius 3 is 2.52 bits per heavy atom. The minimum atomic E-state index is 0.620. The summed E-state index contributed by atoms with van der Waals surface area (Å²) in [5, 5.41) is 12.6. The van der Waals surface area contributed by atoms with E-state index in [-0.39, 0.29) is 0 Å². The summed E-state index contributed by atoms with van der Waals surface area (Å²) >= 11 is 0. The van der Waals surface area contributed by atoms with Crippen LogP contribution in [-0.4, -0.2) is 36.2 Å². The minimum absolute atomic E-state index is 0.620. The Morgan fingerprint density at radius 1 is 1.16 bits per heavy atom. The SMILES string of the molecule is Cc1cc(C)c(C#N)c(NCc2ccc(CN3CCOCC3)cc2)n1. The van der Waals surface area contributed by atoms with E-state index in [1.165, 1.54) is 11.1 Å². The molecule has 0 atom stereocenters. The second-order valence-electron chi connectivity index (χ2n) is 6.47. The molecule has 0 bridgehead atoms. The fourth-order valence-electron chi connectivity index (χ4n) is 3.07. The molecule has 0 saturated carbocycles. The maximum absolute atomic E-state index is 9.34. The van der Waals surface area contributed by atoms with Gasteiger partial charge in [-0.25, -0.2) is 4.98 Å². The van der Waals surface area contributed by atoms with Crippen molar-refractivity contribution in [3.63, 3.8) is 0 Å². The van der Waals surface area contributed by atoms with Crippen LogP contribution in [0.3, 0.4) is 0 Å². The van der Waals surface area contributed by atoms with Crippen molar-refractivity contribution < 1.29 is 4.74 Å². The molecule has 0 aliphatic carbocycles. The Labute approximate surface area is 149 Å². The summed E-state index contributed by atoms with van der Waals surface area (Å²) in [7, 11) is 0. The molecule has 0 radical (unpaired) electrons. The molecule has 1 aliphatic rings. The van der Waals surface area contributed by atoms with Crippen molar-refractivity contribution in [1.82, 2.24) is 9.88 Å². The topological polar surface area (TPSA) is 61.2 Å². The first kappa shape index (κ1) is 17.4. The number of hydrogen-bond donors (Lipinski definition) is 1. The number of pyridine rings is 1. The van der Waals surface area contributed by atoms with E-state index in [4.69, 9.17) is 4.74 Å². The van der Waals surface area contributed by atoms with Crippen molar-refractivity contribution in [2.75, 3.05) is 31.6 Å². The van der Waals surface area contributed by atoms with E-state index in [0.717, 1.165) is 44.1 Å². The third-order valence-electron chi connectivity index (χ3n) is 4.45. The quantitative estimate of drug-likeness (QED) is 0.909. The van der Waals surface area contributed by atoms with Gasteiger partial charge in [0, 0.05) is 31.9 Å². The number of nitrogens with zero attached hydrogens (tertiary/aromatic N) is 3. The average molecular weight is 336 g/mol.